The maximum atomic E-state index is 2.38. The van der Waals surface area contributed by atoms with Crippen LogP contribution in [0.5, 0.6) is 0 Å². The maximum Gasteiger partial charge on any atom is -0.0125 e. The molecule has 0 fully saturated rings. The Bertz CT molecular complexity index is 1100. The van der Waals surface area contributed by atoms with Crippen molar-refractivity contribution in [2.24, 2.45) is 0 Å². The summed E-state index contributed by atoms with van der Waals surface area (Å²) in [5.41, 5.74) is 15.8. The first-order chi connectivity index (χ1) is 14.3. The van der Waals surface area contributed by atoms with Gasteiger partial charge in [-0.05, 0) is 115 Å². The van der Waals surface area contributed by atoms with E-state index in [9.17, 15) is 0 Å². The van der Waals surface area contributed by atoms with Crippen molar-refractivity contribution >= 4 is 0 Å². The molecule has 0 nitrogen and oxygen atoms in total. The number of benzene rings is 4. The van der Waals surface area contributed by atoms with Gasteiger partial charge in [0.2, 0.25) is 0 Å². The Morgan fingerprint density at radius 2 is 0.733 bits per heavy atom. The minimum Gasteiger partial charge on any atom is -0.0622 e. The van der Waals surface area contributed by atoms with Crippen molar-refractivity contribution in [2.45, 2.75) is 41.5 Å². The molecule has 0 heterocycles. The Labute approximate surface area is 181 Å². The summed E-state index contributed by atoms with van der Waals surface area (Å²) in [4.78, 5) is 0. The van der Waals surface area contributed by atoms with Crippen LogP contribution in [0.25, 0.3) is 33.4 Å². The molecule has 0 radical (unpaired) electrons. The van der Waals surface area contributed by atoms with E-state index < -0.39 is 0 Å². The quantitative estimate of drug-likeness (QED) is 0.329. The summed E-state index contributed by atoms with van der Waals surface area (Å²) in [6, 6.07) is 27.0. The van der Waals surface area contributed by atoms with Crippen LogP contribution in [-0.4, -0.2) is 0 Å². The van der Waals surface area contributed by atoms with Crippen molar-refractivity contribution in [1.29, 1.82) is 0 Å². The van der Waals surface area contributed by atoms with Crippen LogP contribution in [0.15, 0.2) is 72.8 Å². The van der Waals surface area contributed by atoms with Gasteiger partial charge in [-0.3, -0.25) is 0 Å². The Balaban J connectivity index is 2.03. The third kappa shape index (κ3) is 3.83. The zero-order chi connectivity index (χ0) is 21.4. The van der Waals surface area contributed by atoms with Gasteiger partial charge in [-0.15, -0.1) is 0 Å². The summed E-state index contributed by atoms with van der Waals surface area (Å²) >= 11 is 0. The highest BCUT2D eigenvalue weighted by atomic mass is 14.2. The fourth-order valence-electron chi connectivity index (χ4n) is 4.98. The van der Waals surface area contributed by atoms with Gasteiger partial charge in [-0.2, -0.15) is 0 Å². The van der Waals surface area contributed by atoms with E-state index in [4.69, 9.17) is 0 Å². The number of aryl methyl sites for hydroxylation is 6. The van der Waals surface area contributed by atoms with Gasteiger partial charge in [0.15, 0.2) is 0 Å². The summed E-state index contributed by atoms with van der Waals surface area (Å²) in [5, 5.41) is 0. The first kappa shape index (κ1) is 20.2. The van der Waals surface area contributed by atoms with E-state index in [0.717, 1.165) is 0 Å². The Hall–Kier alpha value is -3.12. The highest BCUT2D eigenvalue weighted by Crippen LogP contribution is 2.38. The van der Waals surface area contributed by atoms with E-state index in [1.54, 1.807) is 0 Å². The van der Waals surface area contributed by atoms with Crippen molar-refractivity contribution < 1.29 is 0 Å². The highest BCUT2D eigenvalue weighted by Gasteiger charge is 2.14. The molecule has 0 atom stereocenters. The van der Waals surface area contributed by atoms with E-state index in [1.807, 2.05) is 0 Å². The molecule has 0 spiro atoms. The molecule has 0 heteroatoms. The molecule has 4 aromatic carbocycles. The Morgan fingerprint density at radius 3 is 1.13 bits per heavy atom. The molecule has 0 amide bonds. The smallest absolute Gasteiger partial charge is 0.0125 e. The molecule has 0 saturated heterocycles. The molecular weight excluding hydrogens is 360 g/mol. The average molecular weight is 391 g/mol. The lowest BCUT2D eigenvalue weighted by Crippen LogP contribution is -1.94. The maximum absolute atomic E-state index is 2.38. The van der Waals surface area contributed by atoms with Crippen LogP contribution in [0, 0.1) is 41.5 Å². The zero-order valence-electron chi connectivity index (χ0n) is 18.9. The van der Waals surface area contributed by atoms with Crippen LogP contribution < -0.4 is 0 Å². The standard InChI is InChI=1S/C30H30/c1-19-12-21(3)29(22(4)13-19)27-16-26(25-10-8-7-9-11-25)17-28(18-27)30-23(5)14-20(2)15-24(30)6/h7-18H,1-6H3. The van der Waals surface area contributed by atoms with Crippen LogP contribution in [0.3, 0.4) is 0 Å². The van der Waals surface area contributed by atoms with Crippen molar-refractivity contribution in [3.05, 3.63) is 106 Å². The van der Waals surface area contributed by atoms with Gasteiger partial charge < -0.3 is 0 Å². The fourth-order valence-corrected chi connectivity index (χ4v) is 4.98. The summed E-state index contributed by atoms with van der Waals surface area (Å²) in [5.74, 6) is 0. The van der Waals surface area contributed by atoms with Gasteiger partial charge in [0, 0.05) is 0 Å². The molecule has 0 aliphatic rings. The number of hydrogen-bond acceptors (Lipinski definition) is 0. The van der Waals surface area contributed by atoms with Crippen LogP contribution in [0.1, 0.15) is 33.4 Å². The third-order valence-corrected chi connectivity index (χ3v) is 5.97. The van der Waals surface area contributed by atoms with E-state index in [2.05, 4.69) is 114 Å². The fraction of sp³-hybridized carbons (Fsp3) is 0.200. The van der Waals surface area contributed by atoms with Gasteiger partial charge in [0.05, 0.1) is 0 Å². The Morgan fingerprint density at radius 1 is 0.367 bits per heavy atom. The molecule has 0 bridgehead atoms. The molecule has 0 unspecified atom stereocenters. The summed E-state index contributed by atoms with van der Waals surface area (Å²) in [6.07, 6.45) is 0. The summed E-state index contributed by atoms with van der Waals surface area (Å²) < 4.78 is 0. The van der Waals surface area contributed by atoms with Crippen molar-refractivity contribution in [3.8, 4) is 33.4 Å². The second-order valence-electron chi connectivity index (χ2n) is 8.71. The molecule has 0 saturated carbocycles. The predicted octanol–water partition coefficient (Wildman–Crippen LogP) is 8.54. The first-order valence-electron chi connectivity index (χ1n) is 10.7. The van der Waals surface area contributed by atoms with Gasteiger partial charge in [-0.25, -0.2) is 0 Å². The number of hydrogen-bond donors (Lipinski definition) is 0. The van der Waals surface area contributed by atoms with Gasteiger partial charge in [0.25, 0.3) is 0 Å². The second kappa shape index (κ2) is 7.95. The number of rotatable bonds is 3. The topological polar surface area (TPSA) is 0 Å². The van der Waals surface area contributed by atoms with Gasteiger partial charge >= 0.3 is 0 Å². The normalized spacial score (nSPS) is 11.0. The molecule has 0 aliphatic carbocycles. The predicted molar refractivity (Wildman–Crippen MR) is 131 cm³/mol. The Kier molecular flexibility index (Phi) is 5.35. The van der Waals surface area contributed by atoms with Crippen LogP contribution >= 0.6 is 0 Å². The zero-order valence-corrected chi connectivity index (χ0v) is 18.9. The lowest BCUT2D eigenvalue weighted by Gasteiger charge is -2.18. The molecular formula is C30H30. The van der Waals surface area contributed by atoms with E-state index >= 15 is 0 Å². The van der Waals surface area contributed by atoms with E-state index in [-0.39, 0.29) is 0 Å². The molecule has 0 aromatic heterocycles. The average Bonchev–Trinajstić information content (AvgIpc) is 2.67. The molecule has 4 rings (SSSR count). The van der Waals surface area contributed by atoms with Crippen molar-refractivity contribution in [1.82, 2.24) is 0 Å². The minimum absolute atomic E-state index is 1.26. The van der Waals surface area contributed by atoms with Crippen molar-refractivity contribution in [2.75, 3.05) is 0 Å². The molecule has 150 valence electrons. The molecule has 30 heavy (non-hydrogen) atoms. The van der Waals surface area contributed by atoms with Crippen LogP contribution in [0.4, 0.5) is 0 Å². The molecule has 0 N–H and O–H groups in total. The van der Waals surface area contributed by atoms with Gasteiger partial charge in [-0.1, -0.05) is 65.7 Å². The van der Waals surface area contributed by atoms with E-state index in [1.165, 1.54) is 66.8 Å². The first-order valence-corrected chi connectivity index (χ1v) is 10.7. The minimum atomic E-state index is 1.26. The lowest BCUT2D eigenvalue weighted by atomic mass is 9.87. The lowest BCUT2D eigenvalue weighted by molar-refractivity contribution is 1.31. The summed E-state index contributed by atoms with van der Waals surface area (Å²) in [6.45, 7) is 13.3. The van der Waals surface area contributed by atoms with Gasteiger partial charge in [0.1, 0.15) is 0 Å². The second-order valence-corrected chi connectivity index (χ2v) is 8.71. The molecule has 4 aromatic rings. The third-order valence-electron chi connectivity index (χ3n) is 5.97. The van der Waals surface area contributed by atoms with E-state index in [0.29, 0.717) is 0 Å². The molecule has 0 aliphatic heterocycles. The van der Waals surface area contributed by atoms with Crippen molar-refractivity contribution in [3.63, 3.8) is 0 Å². The largest absolute Gasteiger partial charge is 0.0622 e. The monoisotopic (exact) mass is 390 g/mol. The summed E-state index contributed by atoms with van der Waals surface area (Å²) in [7, 11) is 0. The SMILES string of the molecule is Cc1cc(C)c(-c2cc(-c3ccccc3)cc(-c3c(C)cc(C)cc3C)c2)c(C)c1. The van der Waals surface area contributed by atoms with Crippen LogP contribution in [0.2, 0.25) is 0 Å². The highest BCUT2D eigenvalue weighted by molar-refractivity contribution is 5.85. The van der Waals surface area contributed by atoms with Crippen LogP contribution in [-0.2, 0) is 0 Å².